The van der Waals surface area contributed by atoms with Gasteiger partial charge < -0.3 is 20.7 Å². The van der Waals surface area contributed by atoms with E-state index in [2.05, 4.69) is 36.0 Å². The summed E-state index contributed by atoms with van der Waals surface area (Å²) in [5, 5.41) is 2.97. The van der Waals surface area contributed by atoms with Gasteiger partial charge in [0.2, 0.25) is 5.91 Å². The molecule has 6 heteroatoms. The Bertz CT molecular complexity index is 302. The van der Waals surface area contributed by atoms with Crippen LogP contribution in [0, 0.1) is 0 Å². The second-order valence-corrected chi connectivity index (χ2v) is 6.21. The fourth-order valence-corrected chi connectivity index (χ4v) is 2.33. The van der Waals surface area contributed by atoms with Crippen molar-refractivity contribution in [2.75, 3.05) is 53.5 Å². The molecule has 20 heavy (non-hydrogen) atoms. The summed E-state index contributed by atoms with van der Waals surface area (Å²) in [6, 6.07) is -0.488. The van der Waals surface area contributed by atoms with Crippen LogP contribution in [0.4, 0.5) is 0 Å². The smallest absolute Gasteiger partial charge is 0.237 e. The lowest BCUT2D eigenvalue weighted by atomic mass is 10.0. The number of nitrogens with one attached hydrogen (secondary N) is 1. The highest BCUT2D eigenvalue weighted by molar-refractivity contribution is 5.81. The monoisotopic (exact) mass is 286 g/mol. The van der Waals surface area contributed by atoms with Crippen LogP contribution < -0.4 is 11.1 Å². The fraction of sp³-hybridized carbons (Fsp3) is 0.929. The summed E-state index contributed by atoms with van der Waals surface area (Å²) in [5.74, 6) is -0.0933. The number of carbonyl (C=O) groups excluding carboxylic acids is 1. The van der Waals surface area contributed by atoms with E-state index in [9.17, 15) is 4.79 Å². The highest BCUT2D eigenvalue weighted by Gasteiger charge is 2.29. The molecule has 1 heterocycles. The molecular formula is C14H30N4O2. The van der Waals surface area contributed by atoms with E-state index >= 15 is 0 Å². The van der Waals surface area contributed by atoms with Gasteiger partial charge in [0.05, 0.1) is 6.04 Å². The van der Waals surface area contributed by atoms with E-state index in [0.717, 1.165) is 26.2 Å². The Morgan fingerprint density at radius 1 is 1.35 bits per heavy atom. The molecule has 1 aliphatic rings. The molecule has 0 aromatic rings. The lowest BCUT2D eigenvalue weighted by Crippen LogP contribution is -2.58. The number of hydrogen-bond acceptors (Lipinski definition) is 5. The van der Waals surface area contributed by atoms with Gasteiger partial charge in [-0.25, -0.2) is 0 Å². The minimum atomic E-state index is -0.488. The van der Waals surface area contributed by atoms with Crippen molar-refractivity contribution in [3.8, 4) is 0 Å². The molecule has 1 atom stereocenters. The molecule has 1 rings (SSSR count). The summed E-state index contributed by atoms with van der Waals surface area (Å²) in [4.78, 5) is 16.7. The maximum absolute atomic E-state index is 11.9. The molecular weight excluding hydrogens is 256 g/mol. The maximum Gasteiger partial charge on any atom is 0.237 e. The first-order valence-electron chi connectivity index (χ1n) is 7.32. The van der Waals surface area contributed by atoms with E-state index in [1.807, 2.05) is 0 Å². The number of likely N-dealkylation sites (N-methyl/N-ethyl adjacent to an activating group) is 1. The van der Waals surface area contributed by atoms with Crippen LogP contribution in [0.25, 0.3) is 0 Å². The third-order valence-corrected chi connectivity index (χ3v) is 4.02. The first-order valence-corrected chi connectivity index (χ1v) is 7.32. The molecule has 118 valence electrons. The summed E-state index contributed by atoms with van der Waals surface area (Å²) >= 11 is 0. The zero-order chi connectivity index (χ0) is 15.2. The number of carbonyl (C=O) groups is 1. The number of nitrogens with two attached hydrogens (primary N) is 1. The van der Waals surface area contributed by atoms with Crippen LogP contribution in [0.15, 0.2) is 0 Å². The Kier molecular flexibility index (Phi) is 6.88. The van der Waals surface area contributed by atoms with Gasteiger partial charge in [-0.05, 0) is 27.3 Å². The van der Waals surface area contributed by atoms with E-state index in [0.29, 0.717) is 19.6 Å². The Balaban J connectivity index is 2.36. The van der Waals surface area contributed by atoms with Crippen LogP contribution in [-0.2, 0) is 9.53 Å². The molecule has 0 aliphatic carbocycles. The van der Waals surface area contributed by atoms with Gasteiger partial charge in [0.15, 0.2) is 0 Å². The molecule has 1 saturated heterocycles. The topological polar surface area (TPSA) is 70.8 Å². The number of rotatable bonds is 7. The Labute approximate surface area is 122 Å². The zero-order valence-corrected chi connectivity index (χ0v) is 13.3. The number of methoxy groups -OCH3 is 1. The molecule has 1 amide bonds. The number of amides is 1. The molecule has 0 aromatic heterocycles. The SMILES string of the molecule is COCCC(N)C(=O)NCC(C)(C)N1CCN(C)CC1. The van der Waals surface area contributed by atoms with Gasteiger partial charge in [-0.2, -0.15) is 0 Å². The standard InChI is InChI=1S/C14H30N4O2/c1-14(2,18-8-6-17(3)7-9-18)11-16-13(19)12(15)5-10-20-4/h12H,5-11,15H2,1-4H3,(H,16,19). The molecule has 0 spiro atoms. The van der Waals surface area contributed by atoms with Crippen molar-refractivity contribution in [1.82, 2.24) is 15.1 Å². The third kappa shape index (κ3) is 5.36. The number of nitrogens with zero attached hydrogens (tertiary/aromatic N) is 2. The normalized spacial score (nSPS) is 19.9. The number of hydrogen-bond donors (Lipinski definition) is 2. The second-order valence-electron chi connectivity index (χ2n) is 6.21. The van der Waals surface area contributed by atoms with E-state index in [-0.39, 0.29) is 11.4 Å². The van der Waals surface area contributed by atoms with E-state index in [4.69, 9.17) is 10.5 Å². The van der Waals surface area contributed by atoms with Crippen LogP contribution in [-0.4, -0.2) is 80.8 Å². The Morgan fingerprint density at radius 3 is 2.50 bits per heavy atom. The molecule has 0 radical (unpaired) electrons. The van der Waals surface area contributed by atoms with Gasteiger partial charge in [0, 0.05) is 52.0 Å². The molecule has 1 fully saturated rings. The van der Waals surface area contributed by atoms with Crippen LogP contribution in [0.1, 0.15) is 20.3 Å². The average Bonchev–Trinajstić information content (AvgIpc) is 2.42. The minimum absolute atomic E-state index is 0.0438. The zero-order valence-electron chi connectivity index (χ0n) is 13.3. The highest BCUT2D eigenvalue weighted by atomic mass is 16.5. The number of piperazine rings is 1. The van der Waals surface area contributed by atoms with E-state index in [1.54, 1.807) is 7.11 Å². The van der Waals surface area contributed by atoms with Gasteiger partial charge in [0.1, 0.15) is 0 Å². The molecule has 3 N–H and O–H groups in total. The summed E-state index contributed by atoms with van der Waals surface area (Å²) in [6.07, 6.45) is 0.553. The van der Waals surface area contributed by atoms with Gasteiger partial charge in [-0.1, -0.05) is 0 Å². The molecule has 0 saturated carbocycles. The number of ether oxygens (including phenoxy) is 1. The molecule has 1 aliphatic heterocycles. The van der Waals surface area contributed by atoms with Crippen molar-refractivity contribution in [2.24, 2.45) is 5.73 Å². The van der Waals surface area contributed by atoms with Gasteiger partial charge in [-0.15, -0.1) is 0 Å². The predicted molar refractivity (Wildman–Crippen MR) is 80.6 cm³/mol. The Hall–Kier alpha value is -0.690. The van der Waals surface area contributed by atoms with Gasteiger partial charge in [0.25, 0.3) is 0 Å². The third-order valence-electron chi connectivity index (χ3n) is 4.02. The van der Waals surface area contributed by atoms with Crippen molar-refractivity contribution in [3.63, 3.8) is 0 Å². The van der Waals surface area contributed by atoms with Crippen LogP contribution in [0.3, 0.4) is 0 Å². The molecule has 0 aromatic carbocycles. The highest BCUT2D eigenvalue weighted by Crippen LogP contribution is 2.15. The fourth-order valence-electron chi connectivity index (χ4n) is 2.33. The first kappa shape index (κ1) is 17.4. The molecule has 0 bridgehead atoms. The van der Waals surface area contributed by atoms with Crippen molar-refractivity contribution < 1.29 is 9.53 Å². The minimum Gasteiger partial charge on any atom is -0.385 e. The summed E-state index contributed by atoms with van der Waals surface area (Å²) < 4.78 is 4.94. The van der Waals surface area contributed by atoms with E-state index in [1.165, 1.54) is 0 Å². The van der Waals surface area contributed by atoms with Gasteiger partial charge >= 0.3 is 0 Å². The summed E-state index contributed by atoms with van der Waals surface area (Å²) in [5.41, 5.74) is 5.77. The van der Waals surface area contributed by atoms with Gasteiger partial charge in [-0.3, -0.25) is 9.69 Å². The lowest BCUT2D eigenvalue weighted by molar-refractivity contribution is -0.123. The summed E-state index contributed by atoms with van der Waals surface area (Å²) in [6.45, 7) is 9.69. The summed E-state index contributed by atoms with van der Waals surface area (Å²) in [7, 11) is 3.75. The predicted octanol–water partition coefficient (Wildman–Crippen LogP) is -0.508. The van der Waals surface area contributed by atoms with E-state index < -0.39 is 6.04 Å². The van der Waals surface area contributed by atoms with Crippen molar-refractivity contribution >= 4 is 5.91 Å². The molecule has 1 unspecified atom stereocenters. The maximum atomic E-state index is 11.9. The van der Waals surface area contributed by atoms with Crippen molar-refractivity contribution in [2.45, 2.75) is 31.8 Å². The second kappa shape index (κ2) is 7.93. The van der Waals surface area contributed by atoms with Crippen LogP contribution >= 0.6 is 0 Å². The Morgan fingerprint density at radius 2 is 1.95 bits per heavy atom. The first-order chi connectivity index (χ1) is 9.36. The van der Waals surface area contributed by atoms with Crippen molar-refractivity contribution in [3.05, 3.63) is 0 Å². The van der Waals surface area contributed by atoms with Crippen molar-refractivity contribution in [1.29, 1.82) is 0 Å². The average molecular weight is 286 g/mol. The quantitative estimate of drug-likeness (QED) is 0.660. The molecule has 6 nitrogen and oxygen atoms in total. The largest absolute Gasteiger partial charge is 0.385 e. The van der Waals surface area contributed by atoms with Crippen LogP contribution in [0.2, 0.25) is 0 Å². The lowest BCUT2D eigenvalue weighted by Gasteiger charge is -2.43. The van der Waals surface area contributed by atoms with Crippen LogP contribution in [0.5, 0.6) is 0 Å².